The lowest BCUT2D eigenvalue weighted by Gasteiger charge is -2.25. The molecule has 1 unspecified atom stereocenters. The first kappa shape index (κ1) is 13.2. The quantitative estimate of drug-likeness (QED) is 0.824. The van der Waals surface area contributed by atoms with Crippen LogP contribution in [0.2, 0.25) is 0 Å². The molecular weight excluding hydrogens is 273 g/mol. The molecule has 0 fully saturated rings. The van der Waals surface area contributed by atoms with Gasteiger partial charge in [0.25, 0.3) is 0 Å². The van der Waals surface area contributed by atoms with E-state index in [1.165, 1.54) is 11.4 Å². The molecule has 0 bridgehead atoms. The highest BCUT2D eigenvalue weighted by Gasteiger charge is 2.62. The van der Waals surface area contributed by atoms with Crippen molar-refractivity contribution in [1.82, 2.24) is 0 Å². The molecule has 0 aliphatic heterocycles. The van der Waals surface area contributed by atoms with Gasteiger partial charge in [0.2, 0.25) is 0 Å². The number of hydrogen-bond donors (Lipinski definition) is 1. The summed E-state index contributed by atoms with van der Waals surface area (Å²) >= 11 is 1.09. The van der Waals surface area contributed by atoms with Crippen LogP contribution in [0.3, 0.4) is 0 Å². The molecule has 98 valence electrons. The molecule has 0 saturated heterocycles. The zero-order valence-electron chi connectivity index (χ0n) is 8.84. The second-order valence-electron chi connectivity index (χ2n) is 3.79. The number of nitrogens with two attached hydrogens (primary N) is 1. The SMILES string of the molecule is NC(c1csc2ccccc12)C(F)(F)C(F)(F)F. The molecule has 1 atom stereocenters. The van der Waals surface area contributed by atoms with Crippen LogP contribution in [0.4, 0.5) is 22.0 Å². The Labute approximate surface area is 103 Å². The van der Waals surface area contributed by atoms with Crippen LogP contribution < -0.4 is 5.73 Å². The first-order chi connectivity index (χ1) is 8.25. The van der Waals surface area contributed by atoms with E-state index in [4.69, 9.17) is 5.73 Å². The summed E-state index contributed by atoms with van der Waals surface area (Å²) in [5, 5.41) is 1.58. The van der Waals surface area contributed by atoms with Crippen molar-refractivity contribution in [3.63, 3.8) is 0 Å². The molecule has 0 saturated carbocycles. The zero-order chi connectivity index (χ0) is 13.6. The van der Waals surface area contributed by atoms with E-state index in [1.54, 1.807) is 18.2 Å². The van der Waals surface area contributed by atoms with Crippen LogP contribution in [-0.4, -0.2) is 12.1 Å². The fourth-order valence-electron chi connectivity index (χ4n) is 1.61. The van der Waals surface area contributed by atoms with Crippen molar-refractivity contribution in [1.29, 1.82) is 0 Å². The summed E-state index contributed by atoms with van der Waals surface area (Å²) in [5.41, 5.74) is 4.92. The number of benzene rings is 1. The minimum absolute atomic E-state index is 0.182. The van der Waals surface area contributed by atoms with Gasteiger partial charge in [0, 0.05) is 4.70 Å². The van der Waals surface area contributed by atoms with Crippen molar-refractivity contribution < 1.29 is 22.0 Å². The van der Waals surface area contributed by atoms with Crippen molar-refractivity contribution in [3.05, 3.63) is 35.2 Å². The summed E-state index contributed by atoms with van der Waals surface area (Å²) in [5.74, 6) is -4.95. The van der Waals surface area contributed by atoms with Crippen LogP contribution in [0.5, 0.6) is 0 Å². The van der Waals surface area contributed by atoms with E-state index in [2.05, 4.69) is 0 Å². The number of fused-ring (bicyclic) bond motifs is 1. The fraction of sp³-hybridized carbons (Fsp3) is 0.273. The van der Waals surface area contributed by atoms with Crippen LogP contribution in [0.1, 0.15) is 11.6 Å². The minimum atomic E-state index is -5.66. The molecule has 2 N–H and O–H groups in total. The smallest absolute Gasteiger partial charge is 0.319 e. The predicted molar refractivity (Wildman–Crippen MR) is 59.8 cm³/mol. The molecule has 7 heteroatoms. The van der Waals surface area contributed by atoms with Crippen molar-refractivity contribution in [3.8, 4) is 0 Å². The number of rotatable bonds is 2. The van der Waals surface area contributed by atoms with Crippen molar-refractivity contribution >= 4 is 21.4 Å². The first-order valence-corrected chi connectivity index (χ1v) is 5.79. The monoisotopic (exact) mass is 281 g/mol. The first-order valence-electron chi connectivity index (χ1n) is 4.91. The average Bonchev–Trinajstić information content (AvgIpc) is 2.70. The number of thiophene rings is 1. The summed E-state index contributed by atoms with van der Waals surface area (Å²) in [7, 11) is 0. The van der Waals surface area contributed by atoms with Crippen molar-refractivity contribution in [2.45, 2.75) is 18.1 Å². The van der Waals surface area contributed by atoms with E-state index in [-0.39, 0.29) is 5.56 Å². The lowest BCUT2D eigenvalue weighted by atomic mass is 10.0. The third-order valence-electron chi connectivity index (χ3n) is 2.61. The Balaban J connectivity index is 2.49. The maximum atomic E-state index is 13.2. The Morgan fingerprint density at radius 3 is 2.28 bits per heavy atom. The van der Waals surface area contributed by atoms with E-state index < -0.39 is 18.1 Å². The fourth-order valence-corrected chi connectivity index (χ4v) is 2.61. The predicted octanol–water partition coefficient (Wildman–Crippen LogP) is 4.10. The standard InChI is InChI=1S/C11H8F5NS/c12-10(13,11(14,15)16)9(17)7-5-18-8-4-2-1-3-6(7)8/h1-5,9H,17H2. The summed E-state index contributed by atoms with van der Waals surface area (Å²) in [4.78, 5) is 0. The van der Waals surface area contributed by atoms with Crippen LogP contribution in [-0.2, 0) is 0 Å². The highest BCUT2D eigenvalue weighted by Crippen LogP contribution is 2.45. The molecule has 0 radical (unpaired) electrons. The molecule has 1 aromatic carbocycles. The van der Waals surface area contributed by atoms with Crippen LogP contribution >= 0.6 is 11.3 Å². The third kappa shape index (κ3) is 1.97. The largest absolute Gasteiger partial charge is 0.455 e. The van der Waals surface area contributed by atoms with E-state index in [1.807, 2.05) is 0 Å². The van der Waals surface area contributed by atoms with Gasteiger partial charge in [-0.2, -0.15) is 22.0 Å². The Bertz CT molecular complexity index is 560. The summed E-state index contributed by atoms with van der Waals surface area (Å²) < 4.78 is 63.7. The molecule has 1 aromatic heterocycles. The molecule has 1 nitrogen and oxygen atoms in total. The molecule has 1 heterocycles. The van der Waals surface area contributed by atoms with Gasteiger partial charge in [-0.1, -0.05) is 18.2 Å². The molecule has 2 rings (SSSR count). The van der Waals surface area contributed by atoms with Gasteiger partial charge in [-0.15, -0.1) is 11.3 Å². The van der Waals surface area contributed by atoms with E-state index >= 15 is 0 Å². The highest BCUT2D eigenvalue weighted by atomic mass is 32.1. The van der Waals surface area contributed by atoms with E-state index in [9.17, 15) is 22.0 Å². The van der Waals surface area contributed by atoms with Crippen LogP contribution in [0.15, 0.2) is 29.6 Å². The molecule has 2 aromatic rings. The molecule has 0 aliphatic rings. The molecule has 0 amide bonds. The van der Waals surface area contributed by atoms with Gasteiger partial charge in [-0.3, -0.25) is 0 Å². The Morgan fingerprint density at radius 2 is 1.67 bits per heavy atom. The normalized spacial score (nSPS) is 15.0. The Hall–Kier alpha value is -1.21. The Kier molecular flexibility index (Phi) is 3.06. The van der Waals surface area contributed by atoms with Gasteiger partial charge < -0.3 is 5.73 Å². The van der Waals surface area contributed by atoms with Crippen molar-refractivity contribution in [2.24, 2.45) is 5.73 Å². The summed E-state index contributed by atoms with van der Waals surface area (Å²) in [6, 6.07) is 3.97. The van der Waals surface area contributed by atoms with Gasteiger partial charge in [0.1, 0.15) is 6.04 Å². The van der Waals surface area contributed by atoms with Gasteiger partial charge >= 0.3 is 12.1 Å². The highest BCUT2D eigenvalue weighted by molar-refractivity contribution is 7.17. The molecule has 0 aliphatic carbocycles. The van der Waals surface area contributed by atoms with Gasteiger partial charge in [-0.05, 0) is 22.4 Å². The van der Waals surface area contributed by atoms with Crippen LogP contribution in [0, 0.1) is 0 Å². The van der Waals surface area contributed by atoms with Gasteiger partial charge in [0.05, 0.1) is 0 Å². The lowest BCUT2D eigenvalue weighted by molar-refractivity contribution is -0.290. The Morgan fingerprint density at radius 1 is 1.06 bits per heavy atom. The second kappa shape index (κ2) is 4.17. The van der Waals surface area contributed by atoms with Gasteiger partial charge in [0.15, 0.2) is 0 Å². The maximum absolute atomic E-state index is 13.2. The van der Waals surface area contributed by atoms with Gasteiger partial charge in [-0.25, -0.2) is 0 Å². The summed E-state index contributed by atoms with van der Waals surface area (Å²) in [6.07, 6.45) is -5.66. The molecule has 18 heavy (non-hydrogen) atoms. The van der Waals surface area contributed by atoms with Crippen LogP contribution in [0.25, 0.3) is 10.1 Å². The molecular formula is C11H8F5NS. The number of alkyl halides is 5. The van der Waals surface area contributed by atoms with E-state index in [0.29, 0.717) is 10.1 Å². The second-order valence-corrected chi connectivity index (χ2v) is 4.70. The number of halogens is 5. The van der Waals surface area contributed by atoms with E-state index in [0.717, 1.165) is 11.3 Å². The third-order valence-corrected chi connectivity index (χ3v) is 3.60. The number of hydrogen-bond acceptors (Lipinski definition) is 2. The zero-order valence-corrected chi connectivity index (χ0v) is 9.66. The topological polar surface area (TPSA) is 26.0 Å². The summed E-state index contributed by atoms with van der Waals surface area (Å²) in [6.45, 7) is 0. The lowest BCUT2D eigenvalue weighted by Crippen LogP contribution is -2.45. The maximum Gasteiger partial charge on any atom is 0.455 e. The minimum Gasteiger partial charge on any atom is -0.319 e. The van der Waals surface area contributed by atoms with Crippen molar-refractivity contribution in [2.75, 3.05) is 0 Å². The average molecular weight is 281 g/mol. The molecule has 0 spiro atoms.